The molecule has 1 heterocycles. The Labute approximate surface area is 94.5 Å². The maximum absolute atomic E-state index is 2.70. The van der Waals surface area contributed by atoms with Crippen LogP contribution in [-0.2, 0) is 0 Å². The van der Waals surface area contributed by atoms with E-state index in [0.29, 0.717) is 0 Å². The minimum Gasteiger partial charge on any atom is -0.302 e. The number of hydrogen-bond donors (Lipinski definition) is 0. The van der Waals surface area contributed by atoms with Crippen molar-refractivity contribution in [3.8, 4) is 0 Å². The van der Waals surface area contributed by atoms with E-state index in [0.717, 1.165) is 11.8 Å². The lowest BCUT2D eigenvalue weighted by Crippen LogP contribution is -2.28. The lowest BCUT2D eigenvalue weighted by Gasteiger charge is -2.26. The zero-order chi connectivity index (χ0) is 10.5. The van der Waals surface area contributed by atoms with Crippen molar-refractivity contribution in [2.75, 3.05) is 19.6 Å². The van der Waals surface area contributed by atoms with E-state index in [9.17, 15) is 0 Å². The average Bonchev–Trinajstić information content (AvgIpc) is 2.68. The molecule has 2 rings (SSSR count). The maximum atomic E-state index is 2.70. The lowest BCUT2D eigenvalue weighted by molar-refractivity contribution is 0.231. The Hall–Kier alpha value is -0.300. The number of rotatable bonds is 3. The van der Waals surface area contributed by atoms with Crippen LogP contribution in [0.4, 0.5) is 0 Å². The van der Waals surface area contributed by atoms with Gasteiger partial charge in [-0.05, 0) is 44.6 Å². The van der Waals surface area contributed by atoms with Gasteiger partial charge in [0.15, 0.2) is 0 Å². The molecule has 0 radical (unpaired) electrons. The molecule has 0 aromatic carbocycles. The summed E-state index contributed by atoms with van der Waals surface area (Å²) in [4.78, 5) is 2.70. The standard InChI is InChI=1S/C14H25N/c1-2-6-13-9-10-15(11-13)12-14-7-4-3-5-8-14/h2,6,13-14H,3-5,7-12H2,1H3/b6-2+. The molecule has 0 aromatic rings. The van der Waals surface area contributed by atoms with Gasteiger partial charge in [0, 0.05) is 13.1 Å². The summed E-state index contributed by atoms with van der Waals surface area (Å²) in [5.41, 5.74) is 0. The molecule has 0 aromatic heterocycles. The summed E-state index contributed by atoms with van der Waals surface area (Å²) in [5, 5.41) is 0. The maximum Gasteiger partial charge on any atom is 0.00449 e. The van der Waals surface area contributed by atoms with Gasteiger partial charge in [0.25, 0.3) is 0 Å². The summed E-state index contributed by atoms with van der Waals surface area (Å²) in [6.45, 7) is 6.18. The van der Waals surface area contributed by atoms with Gasteiger partial charge in [-0.25, -0.2) is 0 Å². The van der Waals surface area contributed by atoms with Crippen LogP contribution in [0, 0.1) is 11.8 Å². The highest BCUT2D eigenvalue weighted by molar-refractivity contribution is 4.92. The fourth-order valence-electron chi connectivity index (χ4n) is 3.19. The van der Waals surface area contributed by atoms with E-state index in [4.69, 9.17) is 0 Å². The quantitative estimate of drug-likeness (QED) is 0.641. The topological polar surface area (TPSA) is 3.24 Å². The highest BCUT2D eigenvalue weighted by atomic mass is 15.1. The van der Waals surface area contributed by atoms with E-state index in [1.54, 1.807) is 0 Å². The van der Waals surface area contributed by atoms with Crippen LogP contribution in [0.3, 0.4) is 0 Å². The van der Waals surface area contributed by atoms with Crippen LogP contribution in [0.1, 0.15) is 45.4 Å². The summed E-state index contributed by atoms with van der Waals surface area (Å²) in [6, 6.07) is 0. The number of allylic oxidation sites excluding steroid dienone is 1. The molecule has 2 aliphatic rings. The minimum atomic E-state index is 0.846. The molecule has 86 valence electrons. The molecule has 0 bridgehead atoms. The molecular formula is C14H25N. The number of likely N-dealkylation sites (tertiary alicyclic amines) is 1. The van der Waals surface area contributed by atoms with Gasteiger partial charge in [-0.2, -0.15) is 0 Å². The van der Waals surface area contributed by atoms with Gasteiger partial charge >= 0.3 is 0 Å². The van der Waals surface area contributed by atoms with Crippen LogP contribution in [0.25, 0.3) is 0 Å². The van der Waals surface area contributed by atoms with Gasteiger partial charge in [0.1, 0.15) is 0 Å². The minimum absolute atomic E-state index is 0.846. The van der Waals surface area contributed by atoms with Gasteiger partial charge < -0.3 is 4.90 Å². The zero-order valence-electron chi connectivity index (χ0n) is 10.1. The van der Waals surface area contributed by atoms with Gasteiger partial charge in [0.2, 0.25) is 0 Å². The molecule has 1 saturated heterocycles. The average molecular weight is 207 g/mol. The van der Waals surface area contributed by atoms with Crippen LogP contribution in [0.5, 0.6) is 0 Å². The highest BCUT2D eigenvalue weighted by Crippen LogP contribution is 2.26. The van der Waals surface area contributed by atoms with Gasteiger partial charge in [0.05, 0.1) is 0 Å². The molecule has 1 saturated carbocycles. The van der Waals surface area contributed by atoms with Crippen molar-refractivity contribution in [3.05, 3.63) is 12.2 Å². The molecule has 1 nitrogen and oxygen atoms in total. The predicted octanol–water partition coefficient (Wildman–Crippen LogP) is 3.46. The van der Waals surface area contributed by atoms with Gasteiger partial charge in [-0.1, -0.05) is 31.4 Å². The normalized spacial score (nSPS) is 30.3. The summed E-state index contributed by atoms with van der Waals surface area (Å²) in [7, 11) is 0. The Morgan fingerprint density at radius 1 is 1.13 bits per heavy atom. The van der Waals surface area contributed by atoms with Crippen molar-refractivity contribution in [2.45, 2.75) is 45.4 Å². The monoisotopic (exact) mass is 207 g/mol. The van der Waals surface area contributed by atoms with Crippen molar-refractivity contribution in [3.63, 3.8) is 0 Å². The molecule has 15 heavy (non-hydrogen) atoms. The molecule has 1 unspecified atom stereocenters. The SMILES string of the molecule is C/C=C/C1CCN(CC2CCCCC2)C1. The molecular weight excluding hydrogens is 182 g/mol. The Morgan fingerprint density at radius 2 is 1.93 bits per heavy atom. The summed E-state index contributed by atoms with van der Waals surface area (Å²) in [6.07, 6.45) is 13.4. The Kier molecular flexibility index (Phi) is 4.25. The lowest BCUT2D eigenvalue weighted by atomic mass is 9.89. The third-order valence-electron chi connectivity index (χ3n) is 4.01. The van der Waals surface area contributed by atoms with E-state index < -0.39 is 0 Å². The second-order valence-electron chi connectivity index (χ2n) is 5.34. The zero-order valence-corrected chi connectivity index (χ0v) is 10.1. The molecule has 1 aliphatic carbocycles. The summed E-state index contributed by atoms with van der Waals surface area (Å²) in [5.74, 6) is 1.86. The second-order valence-corrected chi connectivity index (χ2v) is 5.34. The van der Waals surface area contributed by atoms with Crippen LogP contribution in [0.2, 0.25) is 0 Å². The Bertz CT molecular complexity index is 203. The first kappa shape index (κ1) is 11.2. The van der Waals surface area contributed by atoms with E-state index in [1.807, 2.05) is 0 Å². The van der Waals surface area contributed by atoms with Gasteiger partial charge in [-0.3, -0.25) is 0 Å². The van der Waals surface area contributed by atoms with Crippen LogP contribution in [-0.4, -0.2) is 24.5 Å². The second kappa shape index (κ2) is 5.69. The molecule has 1 atom stereocenters. The van der Waals surface area contributed by atoms with Crippen molar-refractivity contribution in [2.24, 2.45) is 11.8 Å². The van der Waals surface area contributed by atoms with Crippen LogP contribution in [0.15, 0.2) is 12.2 Å². The van der Waals surface area contributed by atoms with Crippen LogP contribution < -0.4 is 0 Å². The third kappa shape index (κ3) is 3.34. The van der Waals surface area contributed by atoms with E-state index in [1.165, 1.54) is 58.2 Å². The Balaban J connectivity index is 1.71. The third-order valence-corrected chi connectivity index (χ3v) is 4.01. The highest BCUT2D eigenvalue weighted by Gasteiger charge is 2.23. The van der Waals surface area contributed by atoms with Crippen LogP contribution >= 0.6 is 0 Å². The molecule has 0 amide bonds. The first-order valence-electron chi connectivity index (χ1n) is 6.73. The molecule has 2 fully saturated rings. The van der Waals surface area contributed by atoms with E-state index in [-0.39, 0.29) is 0 Å². The number of hydrogen-bond acceptors (Lipinski definition) is 1. The Morgan fingerprint density at radius 3 is 2.67 bits per heavy atom. The smallest absolute Gasteiger partial charge is 0.00449 e. The molecule has 1 heteroatoms. The number of nitrogens with zero attached hydrogens (tertiary/aromatic N) is 1. The van der Waals surface area contributed by atoms with E-state index in [2.05, 4.69) is 24.0 Å². The van der Waals surface area contributed by atoms with E-state index >= 15 is 0 Å². The molecule has 0 N–H and O–H groups in total. The molecule has 1 aliphatic heterocycles. The largest absolute Gasteiger partial charge is 0.302 e. The fourth-order valence-corrected chi connectivity index (χ4v) is 3.19. The first-order chi connectivity index (χ1) is 7.38. The van der Waals surface area contributed by atoms with Crippen molar-refractivity contribution < 1.29 is 0 Å². The summed E-state index contributed by atoms with van der Waals surface area (Å²) >= 11 is 0. The predicted molar refractivity (Wildman–Crippen MR) is 65.9 cm³/mol. The van der Waals surface area contributed by atoms with Gasteiger partial charge in [-0.15, -0.1) is 0 Å². The van der Waals surface area contributed by atoms with Crippen molar-refractivity contribution in [1.29, 1.82) is 0 Å². The first-order valence-corrected chi connectivity index (χ1v) is 6.73. The van der Waals surface area contributed by atoms with Crippen molar-refractivity contribution in [1.82, 2.24) is 4.90 Å². The summed E-state index contributed by atoms with van der Waals surface area (Å²) < 4.78 is 0. The molecule has 0 spiro atoms. The fraction of sp³-hybridized carbons (Fsp3) is 0.857. The van der Waals surface area contributed by atoms with Crippen molar-refractivity contribution >= 4 is 0 Å².